The summed E-state index contributed by atoms with van der Waals surface area (Å²) >= 11 is 6.44. The Balaban J connectivity index is 0.000000281. The minimum absolute atomic E-state index is 0.0330. The van der Waals surface area contributed by atoms with Crippen molar-refractivity contribution in [1.29, 1.82) is 0 Å². The van der Waals surface area contributed by atoms with Crippen molar-refractivity contribution in [1.82, 2.24) is 0 Å². The van der Waals surface area contributed by atoms with E-state index in [1.165, 1.54) is 0 Å². The number of thiol groups is 2. The number of nitrogens with one attached hydrogen (secondary N) is 1. The number of benzene rings is 1. The minimum atomic E-state index is 0.0330. The second-order valence-corrected chi connectivity index (χ2v) is 2.00. The zero-order valence-electron chi connectivity index (χ0n) is 5.61. The topological polar surface area (TPSA) is 29.1 Å². The zero-order chi connectivity index (χ0) is 8.27. The van der Waals surface area contributed by atoms with E-state index in [1.54, 1.807) is 0 Å². The van der Waals surface area contributed by atoms with Gasteiger partial charge in [0, 0.05) is 0 Å². The van der Waals surface area contributed by atoms with E-state index in [9.17, 15) is 4.79 Å². The van der Waals surface area contributed by atoms with Crippen LogP contribution >= 0.6 is 23.3 Å². The number of amides is 1. The van der Waals surface area contributed by atoms with Crippen molar-refractivity contribution >= 4 is 34.9 Å². The van der Waals surface area contributed by atoms with E-state index in [0.717, 1.165) is 11.3 Å². The summed E-state index contributed by atoms with van der Waals surface area (Å²) in [4.78, 5) is 10.6. The van der Waals surface area contributed by atoms with Gasteiger partial charge in [0.1, 0.15) is 0 Å². The van der Waals surface area contributed by atoms with E-state index in [-0.39, 0.29) is 5.91 Å². The predicted octanol–water partition coefficient (Wildman–Crippen LogP) is 2.01. The van der Waals surface area contributed by atoms with Crippen molar-refractivity contribution in [2.24, 2.45) is 0 Å². The van der Waals surface area contributed by atoms with Crippen LogP contribution in [0.3, 0.4) is 0 Å². The highest BCUT2D eigenvalue weighted by Crippen LogP contribution is 2.23. The molecule has 2 rings (SSSR count). The van der Waals surface area contributed by atoms with E-state index >= 15 is 0 Å². The third-order valence-corrected chi connectivity index (χ3v) is 1.42. The number of hydrogen-bond donors (Lipinski definition) is 3. The van der Waals surface area contributed by atoms with Crippen molar-refractivity contribution in [3.8, 4) is 0 Å². The fourth-order valence-corrected chi connectivity index (χ4v) is 0.917. The molecule has 1 aliphatic heterocycles. The van der Waals surface area contributed by atoms with Crippen LogP contribution in [0, 0.1) is 0 Å². The van der Waals surface area contributed by atoms with E-state index in [2.05, 4.69) is 28.6 Å². The van der Waals surface area contributed by atoms with Crippen LogP contribution < -0.4 is 5.32 Å². The second-order valence-electron chi connectivity index (χ2n) is 2.00. The first kappa shape index (κ1) is 8.49. The summed E-state index contributed by atoms with van der Waals surface area (Å²) in [5.74, 6) is 0.0330. The van der Waals surface area contributed by atoms with Crippen LogP contribution in [0.1, 0.15) is 10.4 Å². The lowest BCUT2D eigenvalue weighted by Gasteiger charge is -2.17. The molecule has 0 fully saturated rings. The monoisotopic (exact) mass is 185 g/mol. The largest absolute Gasteiger partial charge is 0.321 e. The molecule has 0 atom stereocenters. The van der Waals surface area contributed by atoms with Gasteiger partial charge in [0.25, 0.3) is 5.91 Å². The average molecular weight is 185 g/mol. The molecule has 0 bridgehead atoms. The summed E-state index contributed by atoms with van der Waals surface area (Å²) in [6, 6.07) is 7.46. The molecular formula is C7H7NOS2. The fourth-order valence-electron chi connectivity index (χ4n) is 0.917. The molecule has 1 heterocycles. The molecule has 0 saturated heterocycles. The first-order valence-corrected chi connectivity index (χ1v) is 4.58. The average Bonchev–Trinajstić information content (AvgIpc) is 2.07. The van der Waals surface area contributed by atoms with Gasteiger partial charge < -0.3 is 5.32 Å². The first-order chi connectivity index (χ1) is 5.38. The van der Waals surface area contributed by atoms with Crippen LogP contribution in [0.2, 0.25) is 0 Å². The molecule has 0 radical (unpaired) electrons. The molecule has 1 aromatic carbocycles. The molecule has 0 aromatic heterocycles. The van der Waals surface area contributed by atoms with Gasteiger partial charge in [-0.05, 0) is 12.1 Å². The van der Waals surface area contributed by atoms with Crippen LogP contribution in [-0.2, 0) is 0 Å². The summed E-state index contributed by atoms with van der Waals surface area (Å²) in [7, 11) is 0. The van der Waals surface area contributed by atoms with Gasteiger partial charge in [-0.2, -0.15) is 0 Å². The van der Waals surface area contributed by atoms with Crippen LogP contribution in [-0.4, -0.2) is 5.91 Å². The lowest BCUT2D eigenvalue weighted by Crippen LogP contribution is -2.23. The number of carbonyl (C=O) groups excluding carboxylic acids is 1. The molecule has 1 aliphatic rings. The van der Waals surface area contributed by atoms with Gasteiger partial charge in [-0.25, -0.2) is 0 Å². The quantitative estimate of drug-likeness (QED) is 0.419. The van der Waals surface area contributed by atoms with Crippen molar-refractivity contribution in [2.45, 2.75) is 0 Å². The van der Waals surface area contributed by atoms with Crippen molar-refractivity contribution in [3.63, 3.8) is 0 Å². The summed E-state index contributed by atoms with van der Waals surface area (Å²) in [5.41, 5.74) is 1.75. The molecule has 1 N–H and O–H groups in total. The number of para-hydroxylation sites is 1. The maximum atomic E-state index is 10.6. The molecule has 2 nitrogen and oxygen atoms in total. The van der Waals surface area contributed by atoms with Gasteiger partial charge in [-0.15, -0.1) is 23.3 Å². The summed E-state index contributed by atoms with van der Waals surface area (Å²) in [5, 5.41) is 2.65. The lowest BCUT2D eigenvalue weighted by atomic mass is 10.1. The number of hydrogen-bond acceptors (Lipinski definition) is 3. The molecule has 4 heteroatoms. The van der Waals surface area contributed by atoms with Gasteiger partial charge >= 0.3 is 0 Å². The molecule has 0 aliphatic carbocycles. The Labute approximate surface area is 75.2 Å². The van der Waals surface area contributed by atoms with E-state index < -0.39 is 0 Å². The van der Waals surface area contributed by atoms with Gasteiger partial charge in [0.2, 0.25) is 0 Å². The highest BCUT2D eigenvalue weighted by atomic mass is 33.1. The Morgan fingerprint density at radius 3 is 2.27 bits per heavy atom. The highest BCUT2D eigenvalue weighted by Gasteiger charge is 2.19. The maximum Gasteiger partial charge on any atom is 0.257 e. The Kier molecular flexibility index (Phi) is 2.84. The summed E-state index contributed by atoms with van der Waals surface area (Å²) < 4.78 is 0. The van der Waals surface area contributed by atoms with Crippen LogP contribution in [0.25, 0.3) is 0 Å². The second kappa shape index (κ2) is 3.69. The predicted molar refractivity (Wildman–Crippen MR) is 52.4 cm³/mol. The molecule has 0 unspecified atom stereocenters. The Morgan fingerprint density at radius 1 is 1.18 bits per heavy atom. The third-order valence-electron chi connectivity index (χ3n) is 1.42. The SMILES string of the molecule is O=C1Nc2ccccc21.SS. The fraction of sp³-hybridized carbons (Fsp3) is 0. The van der Waals surface area contributed by atoms with Crippen LogP contribution in [0.4, 0.5) is 5.69 Å². The molecule has 0 saturated carbocycles. The molecule has 0 spiro atoms. The molecular weight excluding hydrogens is 178 g/mol. The summed E-state index contributed by atoms with van der Waals surface area (Å²) in [6.45, 7) is 0. The normalized spacial score (nSPS) is 11.6. The van der Waals surface area contributed by atoms with Gasteiger partial charge in [0.15, 0.2) is 0 Å². The van der Waals surface area contributed by atoms with Crippen molar-refractivity contribution < 1.29 is 4.79 Å². The number of fused-ring (bicyclic) bond motifs is 1. The van der Waals surface area contributed by atoms with E-state index in [1.807, 2.05) is 24.3 Å². The van der Waals surface area contributed by atoms with Gasteiger partial charge in [-0.3, -0.25) is 4.79 Å². The zero-order valence-corrected chi connectivity index (χ0v) is 7.40. The standard InChI is InChI=1S/C7H5NO.H2S2/c9-7-5-3-1-2-4-6(5)8-7;1-2/h1-4H,(H,8,9);1-2H. The third kappa shape index (κ3) is 1.52. The van der Waals surface area contributed by atoms with Gasteiger partial charge in [0.05, 0.1) is 11.3 Å². The Hall–Kier alpha value is -0.610. The Morgan fingerprint density at radius 2 is 1.82 bits per heavy atom. The van der Waals surface area contributed by atoms with Crippen molar-refractivity contribution in [2.75, 3.05) is 5.32 Å². The molecule has 58 valence electrons. The minimum Gasteiger partial charge on any atom is -0.321 e. The Bertz CT molecular complexity index is 275. The van der Waals surface area contributed by atoms with Crippen LogP contribution in [0.15, 0.2) is 24.3 Å². The molecule has 11 heavy (non-hydrogen) atoms. The van der Waals surface area contributed by atoms with Gasteiger partial charge in [-0.1, -0.05) is 12.1 Å². The molecule has 1 aromatic rings. The first-order valence-electron chi connectivity index (χ1n) is 2.98. The van der Waals surface area contributed by atoms with Crippen molar-refractivity contribution in [3.05, 3.63) is 29.8 Å². The number of anilines is 1. The smallest absolute Gasteiger partial charge is 0.257 e. The number of rotatable bonds is 0. The highest BCUT2D eigenvalue weighted by molar-refractivity contribution is 8.59. The van der Waals surface area contributed by atoms with Crippen LogP contribution in [0.5, 0.6) is 0 Å². The lowest BCUT2D eigenvalue weighted by molar-refractivity contribution is 0.101. The number of carbonyl (C=O) groups is 1. The maximum absolute atomic E-state index is 10.6. The summed E-state index contributed by atoms with van der Waals surface area (Å²) in [6.07, 6.45) is 0. The molecule has 1 amide bonds. The van der Waals surface area contributed by atoms with E-state index in [4.69, 9.17) is 0 Å². The van der Waals surface area contributed by atoms with E-state index in [0.29, 0.717) is 0 Å².